The maximum Gasteiger partial charge on any atom is 0.00106 e. The third-order valence-corrected chi connectivity index (χ3v) is 5.45. The van der Waals surface area contributed by atoms with E-state index in [1.54, 1.807) is 0 Å². The van der Waals surface area contributed by atoms with Crippen LogP contribution in [0.4, 0.5) is 0 Å². The Kier molecular flexibility index (Phi) is 5.70. The molecule has 2 saturated heterocycles. The Morgan fingerprint density at radius 3 is 2.16 bits per heavy atom. The average molecular weight is 266 g/mol. The third-order valence-electron chi connectivity index (χ3n) is 5.45. The second kappa shape index (κ2) is 7.08. The number of hydrogen-bond donors (Lipinski definition) is 1. The van der Waals surface area contributed by atoms with Gasteiger partial charge in [0.25, 0.3) is 0 Å². The Bertz CT molecular complexity index is 242. The van der Waals surface area contributed by atoms with Crippen LogP contribution >= 0.6 is 0 Å². The van der Waals surface area contributed by atoms with Gasteiger partial charge in [0.15, 0.2) is 0 Å². The Morgan fingerprint density at radius 2 is 1.63 bits per heavy atom. The van der Waals surface area contributed by atoms with Gasteiger partial charge in [0.1, 0.15) is 0 Å². The molecule has 3 aliphatic rings. The first kappa shape index (κ1) is 15.3. The monoisotopic (exact) mass is 266 g/mol. The zero-order valence-electron chi connectivity index (χ0n) is 13.4. The first-order chi connectivity index (χ1) is 9.26. The second-order valence-corrected chi connectivity index (χ2v) is 7.01. The van der Waals surface area contributed by atoms with Crippen LogP contribution in [0.5, 0.6) is 0 Å². The normalized spacial score (nSPS) is 28.6. The van der Waals surface area contributed by atoms with Crippen molar-refractivity contribution in [3.63, 3.8) is 0 Å². The van der Waals surface area contributed by atoms with Gasteiger partial charge in [-0.2, -0.15) is 0 Å². The minimum absolute atomic E-state index is 0.796. The summed E-state index contributed by atoms with van der Waals surface area (Å²) in [4.78, 5) is 2.75. The van der Waals surface area contributed by atoms with E-state index >= 15 is 0 Å². The Labute approximate surface area is 120 Å². The van der Waals surface area contributed by atoms with Crippen molar-refractivity contribution < 1.29 is 0 Å². The molecule has 0 atom stereocenters. The van der Waals surface area contributed by atoms with Gasteiger partial charge < -0.3 is 10.2 Å². The second-order valence-electron chi connectivity index (χ2n) is 7.01. The summed E-state index contributed by atoms with van der Waals surface area (Å²) in [7, 11) is 0. The zero-order valence-corrected chi connectivity index (χ0v) is 13.4. The lowest BCUT2D eigenvalue weighted by Crippen LogP contribution is -2.48. The van der Waals surface area contributed by atoms with Gasteiger partial charge in [-0.3, -0.25) is 0 Å². The van der Waals surface area contributed by atoms with Crippen molar-refractivity contribution >= 4 is 0 Å². The minimum atomic E-state index is 0.796. The van der Waals surface area contributed by atoms with Gasteiger partial charge in [-0.25, -0.2) is 0 Å². The van der Waals surface area contributed by atoms with E-state index in [1.807, 2.05) is 13.8 Å². The Morgan fingerprint density at radius 1 is 1.05 bits per heavy atom. The van der Waals surface area contributed by atoms with Gasteiger partial charge in [0, 0.05) is 6.54 Å². The minimum Gasteiger partial charge on any atom is -0.317 e. The molecule has 1 N–H and O–H groups in total. The molecule has 3 rings (SSSR count). The van der Waals surface area contributed by atoms with Gasteiger partial charge in [-0.15, -0.1) is 0 Å². The van der Waals surface area contributed by atoms with Crippen molar-refractivity contribution in [2.45, 2.75) is 59.3 Å². The maximum atomic E-state index is 3.47. The third kappa shape index (κ3) is 3.95. The molecular weight excluding hydrogens is 232 g/mol. The summed E-state index contributed by atoms with van der Waals surface area (Å²) in [5.74, 6) is 2.00. The summed E-state index contributed by atoms with van der Waals surface area (Å²) in [6, 6.07) is 0. The van der Waals surface area contributed by atoms with E-state index in [-0.39, 0.29) is 0 Å². The summed E-state index contributed by atoms with van der Waals surface area (Å²) in [6.45, 7) is 13.1. The number of nitrogens with one attached hydrogen (secondary N) is 1. The largest absolute Gasteiger partial charge is 0.317 e. The van der Waals surface area contributed by atoms with Gasteiger partial charge in [0.05, 0.1) is 0 Å². The summed E-state index contributed by atoms with van der Waals surface area (Å²) in [6.07, 6.45) is 8.82. The van der Waals surface area contributed by atoms with E-state index in [0.29, 0.717) is 0 Å². The van der Waals surface area contributed by atoms with E-state index in [0.717, 1.165) is 17.3 Å². The smallest absolute Gasteiger partial charge is 0.00106 e. The molecule has 0 aromatic heterocycles. The Hall–Kier alpha value is -0.0800. The number of rotatable bonds is 2. The fourth-order valence-electron chi connectivity index (χ4n) is 4.47. The predicted octanol–water partition coefficient (Wildman–Crippen LogP) is 3.52. The molecule has 2 aliphatic heterocycles. The number of nitrogens with zero attached hydrogens (tertiary/aromatic N) is 1. The highest BCUT2D eigenvalue weighted by Gasteiger charge is 2.43. The highest BCUT2D eigenvalue weighted by molar-refractivity contribution is 4.95. The highest BCUT2D eigenvalue weighted by Crippen LogP contribution is 2.52. The fraction of sp³-hybridized carbons (Fsp3) is 1.00. The summed E-state index contributed by atoms with van der Waals surface area (Å²) >= 11 is 0. The van der Waals surface area contributed by atoms with Gasteiger partial charge in [-0.05, 0) is 82.0 Å². The van der Waals surface area contributed by atoms with Crippen LogP contribution in [0.15, 0.2) is 0 Å². The lowest BCUT2D eigenvalue weighted by atomic mass is 9.58. The van der Waals surface area contributed by atoms with E-state index < -0.39 is 0 Å². The van der Waals surface area contributed by atoms with Crippen LogP contribution < -0.4 is 5.32 Å². The predicted molar refractivity (Wildman–Crippen MR) is 83.4 cm³/mol. The van der Waals surface area contributed by atoms with Crippen LogP contribution in [-0.4, -0.2) is 37.6 Å². The molecular formula is C17H34N2. The molecule has 1 spiro atoms. The van der Waals surface area contributed by atoms with E-state index in [2.05, 4.69) is 17.1 Å². The molecule has 0 amide bonds. The highest BCUT2D eigenvalue weighted by atomic mass is 15.1. The lowest BCUT2D eigenvalue weighted by molar-refractivity contribution is -0.0105. The SMILES string of the molecule is CC.CC1CC2(CCN(CC3CCNCC3)CC2)C1. The molecule has 1 saturated carbocycles. The fourth-order valence-corrected chi connectivity index (χ4v) is 4.47. The van der Waals surface area contributed by atoms with Crippen molar-refractivity contribution in [2.24, 2.45) is 17.3 Å². The van der Waals surface area contributed by atoms with Crippen LogP contribution in [0.3, 0.4) is 0 Å². The van der Waals surface area contributed by atoms with E-state index in [9.17, 15) is 0 Å². The van der Waals surface area contributed by atoms with Gasteiger partial charge >= 0.3 is 0 Å². The van der Waals surface area contributed by atoms with Crippen LogP contribution in [0.2, 0.25) is 0 Å². The molecule has 1 aliphatic carbocycles. The topological polar surface area (TPSA) is 15.3 Å². The van der Waals surface area contributed by atoms with Gasteiger partial charge in [-0.1, -0.05) is 20.8 Å². The molecule has 19 heavy (non-hydrogen) atoms. The quantitative estimate of drug-likeness (QED) is 0.822. The molecule has 0 radical (unpaired) electrons. The maximum absolute atomic E-state index is 3.47. The van der Waals surface area contributed by atoms with Crippen molar-refractivity contribution in [2.75, 3.05) is 32.7 Å². The van der Waals surface area contributed by atoms with Gasteiger partial charge in [0.2, 0.25) is 0 Å². The average Bonchev–Trinajstić information content (AvgIpc) is 2.43. The van der Waals surface area contributed by atoms with Crippen molar-refractivity contribution in [3.8, 4) is 0 Å². The molecule has 0 unspecified atom stereocenters. The first-order valence-electron chi connectivity index (χ1n) is 8.69. The standard InChI is InChI=1S/C15H28N2.C2H6/c1-13-10-15(11-13)4-8-17(9-5-15)12-14-2-6-16-7-3-14;1-2/h13-14,16H,2-12H2,1H3;1-2H3. The molecule has 2 heteroatoms. The zero-order chi connectivity index (χ0) is 13.7. The van der Waals surface area contributed by atoms with Crippen molar-refractivity contribution in [3.05, 3.63) is 0 Å². The van der Waals surface area contributed by atoms with Crippen LogP contribution in [-0.2, 0) is 0 Å². The molecule has 2 heterocycles. The molecule has 0 aromatic carbocycles. The van der Waals surface area contributed by atoms with Crippen LogP contribution in [0.1, 0.15) is 59.3 Å². The first-order valence-corrected chi connectivity index (χ1v) is 8.69. The molecule has 2 nitrogen and oxygen atoms in total. The molecule has 3 fully saturated rings. The number of likely N-dealkylation sites (tertiary alicyclic amines) is 1. The van der Waals surface area contributed by atoms with Crippen LogP contribution in [0, 0.1) is 17.3 Å². The molecule has 0 aromatic rings. The summed E-state index contributed by atoms with van der Waals surface area (Å²) < 4.78 is 0. The van der Waals surface area contributed by atoms with E-state index in [1.165, 1.54) is 71.2 Å². The summed E-state index contributed by atoms with van der Waals surface area (Å²) in [5, 5.41) is 3.47. The van der Waals surface area contributed by atoms with E-state index in [4.69, 9.17) is 0 Å². The molecule has 112 valence electrons. The molecule has 0 bridgehead atoms. The number of hydrogen-bond acceptors (Lipinski definition) is 2. The van der Waals surface area contributed by atoms with Crippen molar-refractivity contribution in [1.82, 2.24) is 10.2 Å². The Balaban J connectivity index is 0.000000637. The lowest BCUT2D eigenvalue weighted by Gasteiger charge is -2.52. The number of piperidine rings is 2. The van der Waals surface area contributed by atoms with Crippen molar-refractivity contribution in [1.29, 1.82) is 0 Å². The van der Waals surface area contributed by atoms with Crippen LogP contribution in [0.25, 0.3) is 0 Å². The summed E-state index contributed by atoms with van der Waals surface area (Å²) in [5.41, 5.74) is 0.796.